The van der Waals surface area contributed by atoms with E-state index < -0.39 is 0 Å². The van der Waals surface area contributed by atoms with Crippen LogP contribution in [-0.2, 0) is 12.8 Å². The van der Waals surface area contributed by atoms with Crippen LogP contribution in [-0.4, -0.2) is 18.5 Å². The molecular formula is C13H19ClN2O. The van der Waals surface area contributed by atoms with Crippen molar-refractivity contribution in [1.29, 1.82) is 0 Å². The van der Waals surface area contributed by atoms with Gasteiger partial charge in [0.25, 0.3) is 0 Å². The lowest BCUT2D eigenvalue weighted by Crippen LogP contribution is -2.30. The van der Waals surface area contributed by atoms with Crippen molar-refractivity contribution in [2.24, 2.45) is 0 Å². The van der Waals surface area contributed by atoms with Gasteiger partial charge in [-0.25, -0.2) is 4.79 Å². The Morgan fingerprint density at radius 1 is 1.29 bits per heavy atom. The molecule has 17 heavy (non-hydrogen) atoms. The maximum Gasteiger partial charge on any atom is 0.319 e. The molecule has 0 aliphatic heterocycles. The summed E-state index contributed by atoms with van der Waals surface area (Å²) >= 11 is 5.50. The Morgan fingerprint density at radius 2 is 2.06 bits per heavy atom. The fraction of sp³-hybridized carbons (Fsp3) is 0.462. The second-order valence-electron chi connectivity index (χ2n) is 3.77. The molecule has 0 atom stereocenters. The molecule has 1 aromatic rings. The predicted octanol–water partition coefficient (Wildman–Crippen LogP) is 3.17. The topological polar surface area (TPSA) is 41.1 Å². The van der Waals surface area contributed by atoms with Crippen molar-refractivity contribution >= 4 is 23.3 Å². The average molecular weight is 255 g/mol. The lowest BCUT2D eigenvalue weighted by molar-refractivity contribution is 0.252. The van der Waals surface area contributed by atoms with E-state index in [0.717, 1.165) is 24.1 Å². The minimum atomic E-state index is -0.204. The molecule has 3 nitrogen and oxygen atoms in total. The van der Waals surface area contributed by atoms with E-state index in [-0.39, 0.29) is 6.03 Å². The van der Waals surface area contributed by atoms with Crippen LogP contribution in [0.15, 0.2) is 18.2 Å². The number of urea groups is 1. The van der Waals surface area contributed by atoms with Gasteiger partial charge in [-0.1, -0.05) is 26.0 Å². The zero-order valence-electron chi connectivity index (χ0n) is 10.3. The normalized spacial score (nSPS) is 10.1. The second-order valence-corrected chi connectivity index (χ2v) is 4.15. The summed E-state index contributed by atoms with van der Waals surface area (Å²) in [5.74, 6) is 0.419. The van der Waals surface area contributed by atoms with Crippen LogP contribution in [0.3, 0.4) is 0 Å². The number of hydrogen-bond donors (Lipinski definition) is 2. The number of rotatable bonds is 5. The van der Waals surface area contributed by atoms with Gasteiger partial charge in [0.2, 0.25) is 0 Å². The molecule has 0 saturated carbocycles. The zero-order valence-corrected chi connectivity index (χ0v) is 11.1. The molecule has 1 rings (SSSR count). The van der Waals surface area contributed by atoms with Gasteiger partial charge in [0.15, 0.2) is 0 Å². The van der Waals surface area contributed by atoms with Crippen LogP contribution >= 0.6 is 11.6 Å². The molecule has 0 aliphatic carbocycles. The van der Waals surface area contributed by atoms with Gasteiger partial charge < -0.3 is 10.6 Å². The molecular weight excluding hydrogens is 236 g/mol. The van der Waals surface area contributed by atoms with Crippen molar-refractivity contribution in [3.05, 3.63) is 29.3 Å². The van der Waals surface area contributed by atoms with E-state index in [1.165, 1.54) is 5.56 Å². The van der Waals surface area contributed by atoms with Gasteiger partial charge >= 0.3 is 6.03 Å². The van der Waals surface area contributed by atoms with E-state index in [9.17, 15) is 4.79 Å². The van der Waals surface area contributed by atoms with Crippen molar-refractivity contribution in [1.82, 2.24) is 5.32 Å². The molecule has 0 heterocycles. The third-order valence-corrected chi connectivity index (χ3v) is 2.78. The molecule has 1 aromatic carbocycles. The van der Waals surface area contributed by atoms with Gasteiger partial charge in [-0.05, 0) is 30.0 Å². The van der Waals surface area contributed by atoms with Gasteiger partial charge in [-0.3, -0.25) is 0 Å². The van der Waals surface area contributed by atoms with Gasteiger partial charge in [-0.2, -0.15) is 0 Å². The molecule has 2 amide bonds. The van der Waals surface area contributed by atoms with Crippen molar-refractivity contribution in [3.8, 4) is 0 Å². The molecule has 0 saturated heterocycles. The van der Waals surface area contributed by atoms with Gasteiger partial charge in [-0.15, -0.1) is 11.6 Å². The van der Waals surface area contributed by atoms with Crippen molar-refractivity contribution in [3.63, 3.8) is 0 Å². The van der Waals surface area contributed by atoms with Gasteiger partial charge in [0.1, 0.15) is 0 Å². The molecule has 0 fully saturated rings. The maximum absolute atomic E-state index is 11.5. The Hall–Kier alpha value is -1.22. The SMILES string of the molecule is CCc1ccc(NC(=O)NCCCl)c(CC)c1. The molecule has 0 radical (unpaired) electrons. The number of benzene rings is 1. The van der Waals surface area contributed by atoms with Crippen LogP contribution < -0.4 is 10.6 Å². The standard InChI is InChI=1S/C13H19ClN2O/c1-3-10-5-6-12(11(4-2)9-10)16-13(17)15-8-7-14/h5-6,9H,3-4,7-8H2,1-2H3,(H2,15,16,17). The van der Waals surface area contributed by atoms with Crippen LogP contribution in [0.25, 0.3) is 0 Å². The van der Waals surface area contributed by atoms with Crippen LogP contribution in [0.4, 0.5) is 10.5 Å². The first-order chi connectivity index (χ1) is 8.21. The number of anilines is 1. The van der Waals surface area contributed by atoms with E-state index in [1.54, 1.807) is 0 Å². The average Bonchev–Trinajstić information content (AvgIpc) is 2.36. The number of amides is 2. The zero-order chi connectivity index (χ0) is 12.7. The minimum Gasteiger partial charge on any atom is -0.337 e. The maximum atomic E-state index is 11.5. The summed E-state index contributed by atoms with van der Waals surface area (Å²) in [5, 5.41) is 5.52. The molecule has 0 aliphatic rings. The van der Waals surface area contributed by atoms with E-state index in [0.29, 0.717) is 12.4 Å². The number of hydrogen-bond acceptors (Lipinski definition) is 1. The third-order valence-electron chi connectivity index (χ3n) is 2.59. The highest BCUT2D eigenvalue weighted by Gasteiger charge is 2.05. The molecule has 0 aromatic heterocycles. The molecule has 0 bridgehead atoms. The quantitative estimate of drug-likeness (QED) is 0.779. The highest BCUT2D eigenvalue weighted by Crippen LogP contribution is 2.18. The Morgan fingerprint density at radius 3 is 2.65 bits per heavy atom. The first-order valence-electron chi connectivity index (χ1n) is 5.93. The summed E-state index contributed by atoms with van der Waals surface area (Å²) in [6.45, 7) is 4.67. The van der Waals surface area contributed by atoms with E-state index in [2.05, 4.69) is 30.5 Å². The highest BCUT2D eigenvalue weighted by molar-refractivity contribution is 6.18. The molecule has 0 unspecified atom stereocenters. The second kappa shape index (κ2) is 7.17. The number of carbonyl (C=O) groups is 1. The summed E-state index contributed by atoms with van der Waals surface area (Å²) in [6.07, 6.45) is 1.91. The van der Waals surface area contributed by atoms with Crippen LogP contribution in [0, 0.1) is 0 Å². The smallest absolute Gasteiger partial charge is 0.319 e. The lowest BCUT2D eigenvalue weighted by atomic mass is 10.0. The summed E-state index contributed by atoms with van der Waals surface area (Å²) in [4.78, 5) is 11.5. The summed E-state index contributed by atoms with van der Waals surface area (Å²) in [6, 6.07) is 5.93. The molecule has 94 valence electrons. The van der Waals surface area contributed by atoms with Gasteiger partial charge in [0, 0.05) is 18.1 Å². The van der Waals surface area contributed by atoms with Crippen molar-refractivity contribution in [2.45, 2.75) is 26.7 Å². The fourth-order valence-corrected chi connectivity index (χ4v) is 1.70. The summed E-state index contributed by atoms with van der Waals surface area (Å²) < 4.78 is 0. The summed E-state index contributed by atoms with van der Waals surface area (Å²) in [7, 11) is 0. The van der Waals surface area contributed by atoms with Crippen molar-refractivity contribution < 1.29 is 4.79 Å². The molecule has 2 N–H and O–H groups in total. The summed E-state index contributed by atoms with van der Waals surface area (Å²) in [5.41, 5.74) is 3.32. The first-order valence-corrected chi connectivity index (χ1v) is 6.47. The Bertz CT molecular complexity index is 380. The molecule has 4 heteroatoms. The van der Waals surface area contributed by atoms with Crippen LogP contribution in [0.5, 0.6) is 0 Å². The third kappa shape index (κ3) is 4.27. The van der Waals surface area contributed by atoms with Crippen molar-refractivity contribution in [2.75, 3.05) is 17.7 Å². The first kappa shape index (κ1) is 13.8. The largest absolute Gasteiger partial charge is 0.337 e. The predicted molar refractivity (Wildman–Crippen MR) is 72.9 cm³/mol. The number of halogens is 1. The number of carbonyl (C=O) groups excluding carboxylic acids is 1. The Labute approximate surface area is 108 Å². The van der Waals surface area contributed by atoms with E-state index >= 15 is 0 Å². The number of alkyl halides is 1. The lowest BCUT2D eigenvalue weighted by Gasteiger charge is -2.11. The van der Waals surface area contributed by atoms with Gasteiger partial charge in [0.05, 0.1) is 0 Å². The van der Waals surface area contributed by atoms with Crippen LogP contribution in [0.2, 0.25) is 0 Å². The minimum absolute atomic E-state index is 0.204. The fourth-order valence-electron chi connectivity index (χ4n) is 1.61. The highest BCUT2D eigenvalue weighted by atomic mass is 35.5. The number of aryl methyl sites for hydroxylation is 2. The van der Waals surface area contributed by atoms with Crippen LogP contribution in [0.1, 0.15) is 25.0 Å². The molecule has 0 spiro atoms. The number of nitrogens with one attached hydrogen (secondary N) is 2. The Kier molecular flexibility index (Phi) is 5.84. The monoisotopic (exact) mass is 254 g/mol. The Balaban J connectivity index is 2.73. The van der Waals surface area contributed by atoms with E-state index in [4.69, 9.17) is 11.6 Å². The van der Waals surface area contributed by atoms with E-state index in [1.807, 2.05) is 12.1 Å².